The second-order valence-corrected chi connectivity index (χ2v) is 7.02. The molecule has 0 aliphatic heterocycles. The lowest BCUT2D eigenvalue weighted by Crippen LogP contribution is -2.38. The van der Waals surface area contributed by atoms with Crippen molar-refractivity contribution < 1.29 is 0 Å². The molecular weight excluding hydrogens is 232 g/mol. The molecule has 0 heterocycles. The van der Waals surface area contributed by atoms with E-state index in [0.717, 1.165) is 23.9 Å². The van der Waals surface area contributed by atoms with E-state index < -0.39 is 0 Å². The summed E-state index contributed by atoms with van der Waals surface area (Å²) in [6.07, 6.45) is 10.0. The second-order valence-electron chi connectivity index (χ2n) is 7.02. The van der Waals surface area contributed by atoms with Crippen molar-refractivity contribution >= 4 is 0 Å². The Morgan fingerprint density at radius 3 is 2.47 bits per heavy atom. The largest absolute Gasteiger partial charge is 0.313 e. The molecule has 0 amide bonds. The first-order valence-corrected chi connectivity index (χ1v) is 8.68. The Hall–Kier alpha value is -0.0800. The average molecular weight is 266 g/mol. The van der Waals surface area contributed by atoms with Gasteiger partial charge < -0.3 is 5.32 Å². The van der Waals surface area contributed by atoms with E-state index in [-0.39, 0.29) is 0 Å². The van der Waals surface area contributed by atoms with E-state index in [4.69, 9.17) is 0 Å². The normalized spacial score (nSPS) is 28.9. The molecule has 2 rings (SSSR count). The van der Waals surface area contributed by atoms with Gasteiger partial charge in [-0.25, -0.2) is 0 Å². The first kappa shape index (κ1) is 15.3. The summed E-state index contributed by atoms with van der Waals surface area (Å²) in [4.78, 5) is 2.65. The van der Waals surface area contributed by atoms with Crippen LogP contribution in [0.4, 0.5) is 0 Å². The predicted octanol–water partition coefficient (Wildman–Crippen LogP) is 3.67. The number of likely N-dealkylation sites (N-methyl/N-ethyl adjacent to an activating group) is 1. The van der Waals surface area contributed by atoms with Crippen LogP contribution in [0.3, 0.4) is 0 Å². The number of hydrogen-bond donors (Lipinski definition) is 1. The minimum Gasteiger partial charge on any atom is -0.313 e. The second kappa shape index (κ2) is 7.64. The van der Waals surface area contributed by atoms with Crippen LogP contribution in [0.15, 0.2) is 0 Å². The fourth-order valence-corrected chi connectivity index (χ4v) is 3.65. The van der Waals surface area contributed by atoms with Crippen LogP contribution in [0.2, 0.25) is 0 Å². The molecule has 2 aliphatic rings. The van der Waals surface area contributed by atoms with Crippen molar-refractivity contribution in [2.75, 3.05) is 19.6 Å². The monoisotopic (exact) mass is 266 g/mol. The van der Waals surface area contributed by atoms with Gasteiger partial charge in [-0.2, -0.15) is 0 Å². The minimum atomic E-state index is 0.793. The third-order valence-electron chi connectivity index (χ3n) is 5.26. The van der Waals surface area contributed by atoms with Crippen LogP contribution < -0.4 is 5.32 Å². The number of hydrogen-bond acceptors (Lipinski definition) is 2. The van der Waals surface area contributed by atoms with Crippen molar-refractivity contribution in [2.45, 2.75) is 77.8 Å². The van der Waals surface area contributed by atoms with Gasteiger partial charge in [0.15, 0.2) is 0 Å². The third-order valence-corrected chi connectivity index (χ3v) is 5.26. The fourth-order valence-electron chi connectivity index (χ4n) is 3.65. The highest BCUT2D eigenvalue weighted by Crippen LogP contribution is 2.29. The molecule has 0 aromatic rings. The van der Waals surface area contributed by atoms with Crippen molar-refractivity contribution in [3.63, 3.8) is 0 Å². The highest BCUT2D eigenvalue weighted by molar-refractivity contribution is 4.84. The molecule has 0 aromatic heterocycles. The Bertz CT molecular complexity index is 248. The van der Waals surface area contributed by atoms with Crippen molar-refractivity contribution in [3.05, 3.63) is 0 Å². The molecule has 2 unspecified atom stereocenters. The molecule has 0 bridgehead atoms. The fraction of sp³-hybridized carbons (Fsp3) is 1.00. The molecule has 2 saturated carbocycles. The molecule has 1 N–H and O–H groups in total. The molecular formula is C17H34N2. The summed E-state index contributed by atoms with van der Waals surface area (Å²) in [6, 6.07) is 1.72. The van der Waals surface area contributed by atoms with Crippen LogP contribution in [-0.2, 0) is 0 Å². The van der Waals surface area contributed by atoms with Crippen LogP contribution in [0.25, 0.3) is 0 Å². The van der Waals surface area contributed by atoms with Gasteiger partial charge >= 0.3 is 0 Å². The van der Waals surface area contributed by atoms with Crippen LogP contribution >= 0.6 is 0 Å². The van der Waals surface area contributed by atoms with Crippen LogP contribution in [0, 0.1) is 11.8 Å². The maximum absolute atomic E-state index is 3.83. The van der Waals surface area contributed by atoms with E-state index in [1.54, 1.807) is 0 Å². The van der Waals surface area contributed by atoms with Crippen LogP contribution in [-0.4, -0.2) is 36.6 Å². The maximum Gasteiger partial charge on any atom is 0.0110 e. The van der Waals surface area contributed by atoms with E-state index >= 15 is 0 Å². The third kappa shape index (κ3) is 5.07. The molecule has 2 fully saturated rings. The van der Waals surface area contributed by atoms with Crippen molar-refractivity contribution in [3.8, 4) is 0 Å². The Morgan fingerprint density at radius 2 is 1.84 bits per heavy atom. The smallest absolute Gasteiger partial charge is 0.0110 e. The lowest BCUT2D eigenvalue weighted by molar-refractivity contribution is 0.269. The summed E-state index contributed by atoms with van der Waals surface area (Å²) in [5, 5.41) is 3.83. The molecule has 19 heavy (non-hydrogen) atoms. The average Bonchev–Trinajstić information content (AvgIpc) is 3.21. The quantitative estimate of drug-likeness (QED) is 0.707. The van der Waals surface area contributed by atoms with E-state index in [1.807, 2.05) is 0 Å². The van der Waals surface area contributed by atoms with Crippen molar-refractivity contribution in [1.29, 1.82) is 0 Å². The number of nitrogens with one attached hydrogen (secondary N) is 1. The molecule has 2 atom stereocenters. The summed E-state index contributed by atoms with van der Waals surface area (Å²) in [6.45, 7) is 10.8. The topological polar surface area (TPSA) is 15.3 Å². The highest BCUT2D eigenvalue weighted by atomic mass is 15.2. The summed E-state index contributed by atoms with van der Waals surface area (Å²) in [7, 11) is 0. The van der Waals surface area contributed by atoms with E-state index in [9.17, 15) is 0 Å². The Kier molecular flexibility index (Phi) is 6.15. The van der Waals surface area contributed by atoms with Crippen LogP contribution in [0.1, 0.15) is 65.7 Å². The van der Waals surface area contributed by atoms with Gasteiger partial charge in [0.1, 0.15) is 0 Å². The highest BCUT2D eigenvalue weighted by Gasteiger charge is 2.27. The van der Waals surface area contributed by atoms with Crippen molar-refractivity contribution in [1.82, 2.24) is 10.2 Å². The molecule has 0 radical (unpaired) electrons. The lowest BCUT2D eigenvalue weighted by atomic mass is 9.89. The summed E-state index contributed by atoms with van der Waals surface area (Å²) < 4.78 is 0. The first-order valence-electron chi connectivity index (χ1n) is 8.68. The summed E-state index contributed by atoms with van der Waals surface area (Å²) in [5.74, 6) is 1.86. The summed E-state index contributed by atoms with van der Waals surface area (Å²) >= 11 is 0. The standard InChI is InChI=1S/C17H34N2/c1-4-19(17-10-11-17)13-12-18-16-7-5-6-15(8-9-16)14(2)3/h14-18H,4-13H2,1-3H3. The van der Waals surface area contributed by atoms with Gasteiger partial charge in [-0.1, -0.05) is 33.6 Å². The van der Waals surface area contributed by atoms with Gasteiger partial charge in [-0.3, -0.25) is 4.90 Å². The zero-order valence-electron chi connectivity index (χ0n) is 13.3. The maximum atomic E-state index is 3.83. The van der Waals surface area contributed by atoms with Crippen LogP contribution in [0.5, 0.6) is 0 Å². The number of rotatable bonds is 7. The molecule has 2 aliphatic carbocycles. The molecule has 0 aromatic carbocycles. The lowest BCUT2D eigenvalue weighted by Gasteiger charge is -2.23. The van der Waals surface area contributed by atoms with Gasteiger partial charge in [0, 0.05) is 25.2 Å². The molecule has 112 valence electrons. The van der Waals surface area contributed by atoms with E-state index in [1.165, 1.54) is 64.6 Å². The van der Waals surface area contributed by atoms with Gasteiger partial charge in [-0.05, 0) is 50.5 Å². The zero-order chi connectivity index (χ0) is 13.7. The zero-order valence-corrected chi connectivity index (χ0v) is 13.3. The van der Waals surface area contributed by atoms with Gasteiger partial charge in [0.05, 0.1) is 0 Å². The van der Waals surface area contributed by atoms with Crippen molar-refractivity contribution in [2.24, 2.45) is 11.8 Å². The minimum absolute atomic E-state index is 0.793. The molecule has 2 nitrogen and oxygen atoms in total. The van der Waals surface area contributed by atoms with E-state index in [0.29, 0.717) is 0 Å². The SMILES string of the molecule is CCN(CCNC1CCCC(C(C)C)CC1)C1CC1. The van der Waals surface area contributed by atoms with Gasteiger partial charge in [0.2, 0.25) is 0 Å². The Labute approximate surface area is 120 Å². The van der Waals surface area contributed by atoms with Gasteiger partial charge in [-0.15, -0.1) is 0 Å². The molecule has 2 heteroatoms. The molecule has 0 saturated heterocycles. The first-order chi connectivity index (χ1) is 9.20. The van der Waals surface area contributed by atoms with Gasteiger partial charge in [0.25, 0.3) is 0 Å². The summed E-state index contributed by atoms with van der Waals surface area (Å²) in [5.41, 5.74) is 0. The Morgan fingerprint density at radius 1 is 1.05 bits per heavy atom. The molecule has 0 spiro atoms. The predicted molar refractivity (Wildman–Crippen MR) is 83.5 cm³/mol. The number of nitrogens with zero attached hydrogens (tertiary/aromatic N) is 1. The Balaban J connectivity index is 1.62. The van der Waals surface area contributed by atoms with E-state index in [2.05, 4.69) is 31.0 Å².